The van der Waals surface area contributed by atoms with Gasteiger partial charge in [0.15, 0.2) is 5.65 Å². The van der Waals surface area contributed by atoms with Crippen LogP contribution in [0.15, 0.2) is 152 Å². The van der Waals surface area contributed by atoms with Crippen LogP contribution in [0.1, 0.15) is 0 Å². The predicted molar refractivity (Wildman–Crippen MR) is 189 cm³/mol. The fourth-order valence-corrected chi connectivity index (χ4v) is 5.97. The van der Waals surface area contributed by atoms with E-state index in [1.807, 2.05) is 114 Å². The summed E-state index contributed by atoms with van der Waals surface area (Å²) in [5.41, 5.74) is 5.99. The van der Waals surface area contributed by atoms with Gasteiger partial charge in [-0.25, -0.2) is 15.0 Å². The van der Waals surface area contributed by atoms with Crippen molar-refractivity contribution in [3.8, 4) is 51.5 Å². The average molecular weight is 636 g/mol. The molecule has 0 bridgehead atoms. The molecular formula is C40H25N7O2. The van der Waals surface area contributed by atoms with Crippen LogP contribution in [0.3, 0.4) is 0 Å². The van der Waals surface area contributed by atoms with E-state index in [1.54, 1.807) is 24.8 Å². The Morgan fingerprint density at radius 1 is 0.490 bits per heavy atom. The lowest BCUT2D eigenvalue weighted by Gasteiger charge is -2.10. The van der Waals surface area contributed by atoms with Gasteiger partial charge in [-0.05, 0) is 72.8 Å². The highest BCUT2D eigenvalue weighted by atomic mass is 16.5. The van der Waals surface area contributed by atoms with Crippen molar-refractivity contribution in [3.05, 3.63) is 152 Å². The first-order valence-corrected chi connectivity index (χ1v) is 15.7. The molecule has 0 aliphatic heterocycles. The number of fused-ring (bicyclic) bond motifs is 4. The van der Waals surface area contributed by atoms with Gasteiger partial charge in [-0.15, -0.1) is 0 Å². The van der Waals surface area contributed by atoms with Crippen LogP contribution in [-0.2, 0) is 0 Å². The minimum Gasteiger partial charge on any atom is -0.457 e. The van der Waals surface area contributed by atoms with E-state index in [-0.39, 0.29) is 0 Å². The maximum absolute atomic E-state index is 6.42. The molecule has 9 nitrogen and oxygen atoms in total. The molecule has 0 atom stereocenters. The second kappa shape index (κ2) is 12.0. The van der Waals surface area contributed by atoms with Crippen LogP contribution < -0.4 is 9.47 Å². The number of hydrogen-bond acceptors (Lipinski definition) is 8. The first kappa shape index (κ1) is 28.2. The van der Waals surface area contributed by atoms with E-state index in [2.05, 4.69) is 32.1 Å². The molecule has 5 heterocycles. The molecule has 0 saturated carbocycles. The van der Waals surface area contributed by atoms with Gasteiger partial charge in [-0.2, -0.15) is 4.98 Å². The van der Waals surface area contributed by atoms with Gasteiger partial charge in [0.1, 0.15) is 29.3 Å². The van der Waals surface area contributed by atoms with Gasteiger partial charge in [-0.3, -0.25) is 14.5 Å². The maximum Gasteiger partial charge on any atom is 0.236 e. The van der Waals surface area contributed by atoms with Crippen LogP contribution in [0.5, 0.6) is 23.0 Å². The third-order valence-electron chi connectivity index (χ3n) is 8.21. The van der Waals surface area contributed by atoms with E-state index in [4.69, 9.17) is 19.4 Å². The largest absolute Gasteiger partial charge is 0.457 e. The highest BCUT2D eigenvalue weighted by Crippen LogP contribution is 2.38. The van der Waals surface area contributed by atoms with E-state index < -0.39 is 0 Å². The molecule has 0 aliphatic carbocycles. The Labute approximate surface area is 280 Å². The highest BCUT2D eigenvalue weighted by Gasteiger charge is 2.17. The SMILES string of the molecule is c1ccc(-c2cccc(Oc3ccc4c5ccc(Oc6cccc(-c7ccccn7)c6)cc5n(-c5ncc6cncnc6n5)c4c3)c2)nc1. The standard InChI is InChI=1S/C40H25N7O2/c1-3-17-42-35(11-1)26-7-5-9-29(19-26)48-31-13-15-33-34-16-14-32(49-30-10-6-8-27(20-30)36-12-2-4-18-43-36)22-38(34)47(37(33)21-31)40-44-24-28-23-41-25-45-39(28)46-40/h1-25H. The van der Waals surface area contributed by atoms with Crippen molar-refractivity contribution in [2.24, 2.45) is 0 Å². The van der Waals surface area contributed by atoms with Crippen LogP contribution in [0.4, 0.5) is 0 Å². The number of nitrogens with zero attached hydrogens (tertiary/aromatic N) is 7. The molecule has 9 aromatic rings. The average Bonchev–Trinajstić information content (AvgIpc) is 3.48. The Hall–Kier alpha value is -7.00. The Morgan fingerprint density at radius 3 is 1.65 bits per heavy atom. The van der Waals surface area contributed by atoms with Gasteiger partial charge in [0.2, 0.25) is 5.95 Å². The van der Waals surface area contributed by atoms with E-state index in [0.717, 1.165) is 49.7 Å². The Bertz CT molecular complexity index is 2480. The molecule has 0 radical (unpaired) electrons. The van der Waals surface area contributed by atoms with Crippen LogP contribution in [-0.4, -0.2) is 34.5 Å². The van der Waals surface area contributed by atoms with Crippen molar-refractivity contribution in [1.29, 1.82) is 0 Å². The summed E-state index contributed by atoms with van der Waals surface area (Å²) in [6.45, 7) is 0. The molecule has 9 heteroatoms. The minimum absolute atomic E-state index is 0.467. The molecule has 0 N–H and O–H groups in total. The van der Waals surface area contributed by atoms with Crippen molar-refractivity contribution in [2.45, 2.75) is 0 Å². The molecule has 0 fully saturated rings. The van der Waals surface area contributed by atoms with Gasteiger partial charge in [0.05, 0.1) is 27.8 Å². The zero-order chi connectivity index (χ0) is 32.6. The summed E-state index contributed by atoms with van der Waals surface area (Å²) in [5, 5.41) is 2.78. The van der Waals surface area contributed by atoms with E-state index >= 15 is 0 Å². The van der Waals surface area contributed by atoms with Gasteiger partial charge in [-0.1, -0.05) is 36.4 Å². The smallest absolute Gasteiger partial charge is 0.236 e. The summed E-state index contributed by atoms with van der Waals surface area (Å²) >= 11 is 0. The number of ether oxygens (including phenoxy) is 2. The lowest BCUT2D eigenvalue weighted by atomic mass is 10.1. The zero-order valence-corrected chi connectivity index (χ0v) is 25.9. The predicted octanol–water partition coefficient (Wildman–Crippen LogP) is 9.23. The summed E-state index contributed by atoms with van der Waals surface area (Å²) < 4.78 is 14.9. The number of rotatable bonds is 7. The van der Waals surface area contributed by atoms with Gasteiger partial charge >= 0.3 is 0 Å². The molecule has 49 heavy (non-hydrogen) atoms. The first-order chi connectivity index (χ1) is 24.2. The first-order valence-electron chi connectivity index (χ1n) is 15.7. The molecule has 5 aromatic heterocycles. The second-order valence-corrected chi connectivity index (χ2v) is 11.4. The van der Waals surface area contributed by atoms with E-state index in [9.17, 15) is 0 Å². The third-order valence-corrected chi connectivity index (χ3v) is 8.21. The summed E-state index contributed by atoms with van der Waals surface area (Å²) in [4.78, 5) is 27.1. The van der Waals surface area contributed by atoms with Crippen LogP contribution in [0, 0.1) is 0 Å². The molecular weight excluding hydrogens is 610 g/mol. The van der Waals surface area contributed by atoms with Crippen molar-refractivity contribution < 1.29 is 9.47 Å². The van der Waals surface area contributed by atoms with Gasteiger partial charge in [0.25, 0.3) is 0 Å². The Morgan fingerprint density at radius 2 is 1.08 bits per heavy atom. The van der Waals surface area contributed by atoms with Crippen molar-refractivity contribution in [2.75, 3.05) is 0 Å². The number of pyridine rings is 2. The Balaban J connectivity index is 1.15. The molecule has 0 spiro atoms. The van der Waals surface area contributed by atoms with E-state index in [1.165, 1.54) is 6.33 Å². The molecule has 0 unspecified atom stereocenters. The van der Waals surface area contributed by atoms with Crippen molar-refractivity contribution >= 4 is 32.8 Å². The molecule has 0 saturated heterocycles. The fraction of sp³-hybridized carbons (Fsp3) is 0. The van der Waals surface area contributed by atoms with E-state index in [0.29, 0.717) is 34.6 Å². The molecule has 9 rings (SSSR count). The van der Waals surface area contributed by atoms with Crippen LogP contribution >= 0.6 is 0 Å². The summed E-state index contributed by atoms with van der Waals surface area (Å²) in [5.74, 6) is 3.20. The van der Waals surface area contributed by atoms with Gasteiger partial charge < -0.3 is 9.47 Å². The fourth-order valence-electron chi connectivity index (χ4n) is 5.97. The highest BCUT2D eigenvalue weighted by molar-refractivity contribution is 6.09. The summed E-state index contributed by atoms with van der Waals surface area (Å²) in [6.07, 6.45) is 8.50. The monoisotopic (exact) mass is 635 g/mol. The number of benzene rings is 4. The maximum atomic E-state index is 6.42. The Kier molecular flexibility index (Phi) is 6.90. The molecule has 232 valence electrons. The third kappa shape index (κ3) is 5.45. The van der Waals surface area contributed by atoms with Gasteiger partial charge in [0, 0.05) is 58.8 Å². The lowest BCUT2D eigenvalue weighted by molar-refractivity contribution is 0.483. The number of aromatic nitrogens is 7. The quantitative estimate of drug-likeness (QED) is 0.171. The normalized spacial score (nSPS) is 11.3. The molecule has 4 aromatic carbocycles. The van der Waals surface area contributed by atoms with Crippen molar-refractivity contribution in [1.82, 2.24) is 34.5 Å². The lowest BCUT2D eigenvalue weighted by Crippen LogP contribution is -2.02. The second-order valence-electron chi connectivity index (χ2n) is 11.4. The zero-order valence-electron chi connectivity index (χ0n) is 25.9. The summed E-state index contributed by atoms with van der Waals surface area (Å²) in [6, 6.07) is 39.6. The topological polar surface area (TPSA) is 101 Å². The van der Waals surface area contributed by atoms with Crippen molar-refractivity contribution in [3.63, 3.8) is 0 Å². The molecule has 0 aliphatic rings. The number of hydrogen-bond donors (Lipinski definition) is 0. The van der Waals surface area contributed by atoms with Crippen LogP contribution in [0.2, 0.25) is 0 Å². The van der Waals surface area contributed by atoms with Crippen LogP contribution in [0.25, 0.3) is 61.3 Å². The minimum atomic E-state index is 0.467. The molecule has 0 amide bonds. The summed E-state index contributed by atoms with van der Waals surface area (Å²) in [7, 11) is 0.